The van der Waals surface area contributed by atoms with Crippen LogP contribution in [-0.2, 0) is 6.54 Å². The normalized spacial score (nSPS) is 13.1. The van der Waals surface area contributed by atoms with Crippen molar-refractivity contribution in [2.75, 3.05) is 20.6 Å². The second kappa shape index (κ2) is 6.20. The van der Waals surface area contributed by atoms with Crippen molar-refractivity contribution in [1.29, 1.82) is 0 Å². The van der Waals surface area contributed by atoms with Gasteiger partial charge in [0, 0.05) is 19.1 Å². The van der Waals surface area contributed by atoms with Crippen molar-refractivity contribution in [2.45, 2.75) is 19.5 Å². The van der Waals surface area contributed by atoms with E-state index in [1.807, 2.05) is 18.2 Å². The lowest BCUT2D eigenvalue weighted by Gasteiger charge is -2.18. The first-order valence-corrected chi connectivity index (χ1v) is 5.87. The number of rotatable bonds is 5. The standard InChI is InChI=1S/C11H18BrN3/c1-9(8-15(2)3)13-7-10-5-4-6-11(12)14-10/h4-6,9,13H,7-8H2,1-3H3. The predicted molar refractivity (Wildman–Crippen MR) is 66.8 cm³/mol. The van der Waals surface area contributed by atoms with Crippen LogP contribution in [0.4, 0.5) is 0 Å². The molecule has 0 bridgehead atoms. The maximum absolute atomic E-state index is 4.36. The van der Waals surface area contributed by atoms with Gasteiger partial charge >= 0.3 is 0 Å². The summed E-state index contributed by atoms with van der Waals surface area (Å²) >= 11 is 3.36. The Balaban J connectivity index is 2.36. The molecule has 0 saturated carbocycles. The molecule has 1 rings (SSSR count). The Labute approximate surface area is 100 Å². The van der Waals surface area contributed by atoms with E-state index in [0.29, 0.717) is 6.04 Å². The molecule has 1 aromatic heterocycles. The van der Waals surface area contributed by atoms with Gasteiger partial charge in [0.2, 0.25) is 0 Å². The zero-order chi connectivity index (χ0) is 11.3. The van der Waals surface area contributed by atoms with Gasteiger partial charge in [0.1, 0.15) is 4.60 Å². The van der Waals surface area contributed by atoms with Crippen LogP contribution < -0.4 is 5.32 Å². The molecule has 0 fully saturated rings. The van der Waals surface area contributed by atoms with Gasteiger partial charge in [-0.3, -0.25) is 0 Å². The predicted octanol–water partition coefficient (Wildman–Crippen LogP) is 1.88. The van der Waals surface area contributed by atoms with Gasteiger partial charge in [-0.05, 0) is 49.1 Å². The Kier molecular flexibility index (Phi) is 5.22. The Morgan fingerprint density at radius 2 is 2.20 bits per heavy atom. The number of nitrogens with one attached hydrogen (secondary N) is 1. The highest BCUT2D eigenvalue weighted by Crippen LogP contribution is 2.06. The molecule has 1 N–H and O–H groups in total. The number of aromatic nitrogens is 1. The Bertz CT molecular complexity index is 302. The number of hydrogen-bond acceptors (Lipinski definition) is 3. The zero-order valence-electron chi connectivity index (χ0n) is 9.50. The summed E-state index contributed by atoms with van der Waals surface area (Å²) in [5.74, 6) is 0. The summed E-state index contributed by atoms with van der Waals surface area (Å²) in [6, 6.07) is 6.44. The minimum atomic E-state index is 0.473. The van der Waals surface area contributed by atoms with Gasteiger partial charge in [-0.15, -0.1) is 0 Å². The lowest BCUT2D eigenvalue weighted by molar-refractivity contribution is 0.348. The second-order valence-electron chi connectivity index (χ2n) is 4.00. The average Bonchev–Trinajstić information content (AvgIpc) is 2.14. The van der Waals surface area contributed by atoms with Crippen molar-refractivity contribution in [3.63, 3.8) is 0 Å². The summed E-state index contributed by atoms with van der Waals surface area (Å²) in [4.78, 5) is 6.54. The molecule has 0 radical (unpaired) electrons. The van der Waals surface area contributed by atoms with Crippen LogP contribution in [-0.4, -0.2) is 36.6 Å². The number of likely N-dealkylation sites (N-methyl/N-ethyl adjacent to an activating group) is 1. The molecule has 1 aromatic rings. The lowest BCUT2D eigenvalue weighted by Crippen LogP contribution is -2.35. The molecule has 0 aliphatic rings. The smallest absolute Gasteiger partial charge is 0.106 e. The summed E-state index contributed by atoms with van der Waals surface area (Å²) in [7, 11) is 4.16. The van der Waals surface area contributed by atoms with Crippen LogP contribution in [0.3, 0.4) is 0 Å². The van der Waals surface area contributed by atoms with Gasteiger partial charge in [0.15, 0.2) is 0 Å². The van der Waals surface area contributed by atoms with E-state index in [-0.39, 0.29) is 0 Å². The summed E-state index contributed by atoms with van der Waals surface area (Å²) in [6.45, 7) is 4.03. The molecule has 0 aliphatic heterocycles. The van der Waals surface area contributed by atoms with E-state index in [1.54, 1.807) is 0 Å². The molecule has 1 heterocycles. The molecule has 0 amide bonds. The third kappa shape index (κ3) is 5.25. The molecule has 0 saturated heterocycles. The Morgan fingerprint density at radius 3 is 2.80 bits per heavy atom. The SMILES string of the molecule is CC(CN(C)C)NCc1cccc(Br)n1. The summed E-state index contributed by atoms with van der Waals surface area (Å²) in [5, 5.41) is 3.43. The van der Waals surface area contributed by atoms with Crippen molar-refractivity contribution in [3.8, 4) is 0 Å². The monoisotopic (exact) mass is 271 g/mol. The molecule has 4 heteroatoms. The average molecular weight is 272 g/mol. The van der Waals surface area contributed by atoms with Gasteiger partial charge in [0.25, 0.3) is 0 Å². The minimum Gasteiger partial charge on any atom is -0.308 e. The third-order valence-corrected chi connectivity index (χ3v) is 2.49. The van der Waals surface area contributed by atoms with Gasteiger partial charge in [-0.25, -0.2) is 4.98 Å². The van der Waals surface area contributed by atoms with Crippen molar-refractivity contribution < 1.29 is 0 Å². The second-order valence-corrected chi connectivity index (χ2v) is 4.81. The molecule has 1 atom stereocenters. The highest BCUT2D eigenvalue weighted by molar-refractivity contribution is 9.10. The topological polar surface area (TPSA) is 28.2 Å². The fraction of sp³-hybridized carbons (Fsp3) is 0.545. The van der Waals surface area contributed by atoms with Crippen LogP contribution in [0.5, 0.6) is 0 Å². The highest BCUT2D eigenvalue weighted by atomic mass is 79.9. The van der Waals surface area contributed by atoms with Gasteiger partial charge in [0.05, 0.1) is 5.69 Å². The van der Waals surface area contributed by atoms with E-state index in [1.165, 1.54) is 0 Å². The summed E-state index contributed by atoms with van der Waals surface area (Å²) < 4.78 is 0.891. The minimum absolute atomic E-state index is 0.473. The first kappa shape index (κ1) is 12.6. The fourth-order valence-electron chi connectivity index (χ4n) is 1.44. The van der Waals surface area contributed by atoms with E-state index in [9.17, 15) is 0 Å². The number of nitrogens with zero attached hydrogens (tertiary/aromatic N) is 2. The van der Waals surface area contributed by atoms with Gasteiger partial charge in [-0.2, -0.15) is 0 Å². The van der Waals surface area contributed by atoms with Crippen LogP contribution in [0.15, 0.2) is 22.8 Å². The largest absolute Gasteiger partial charge is 0.308 e. The molecule has 0 spiro atoms. The van der Waals surface area contributed by atoms with Crippen LogP contribution >= 0.6 is 15.9 Å². The third-order valence-electron chi connectivity index (χ3n) is 2.04. The quantitative estimate of drug-likeness (QED) is 0.830. The van der Waals surface area contributed by atoms with Crippen LogP contribution in [0.1, 0.15) is 12.6 Å². The fourth-order valence-corrected chi connectivity index (χ4v) is 1.82. The van der Waals surface area contributed by atoms with Crippen molar-refractivity contribution in [2.24, 2.45) is 0 Å². The number of halogens is 1. The number of pyridine rings is 1. The van der Waals surface area contributed by atoms with E-state index in [2.05, 4.69) is 52.1 Å². The first-order chi connectivity index (χ1) is 7.08. The Hall–Kier alpha value is -0.450. The summed E-state index contributed by atoms with van der Waals surface area (Å²) in [6.07, 6.45) is 0. The molecule has 84 valence electrons. The molecule has 0 aliphatic carbocycles. The molecule has 1 unspecified atom stereocenters. The summed E-state index contributed by atoms with van der Waals surface area (Å²) in [5.41, 5.74) is 1.06. The molecule has 15 heavy (non-hydrogen) atoms. The van der Waals surface area contributed by atoms with Crippen LogP contribution in [0, 0.1) is 0 Å². The van der Waals surface area contributed by atoms with E-state index >= 15 is 0 Å². The lowest BCUT2D eigenvalue weighted by atomic mass is 10.3. The van der Waals surface area contributed by atoms with Crippen molar-refractivity contribution >= 4 is 15.9 Å². The molecular weight excluding hydrogens is 254 g/mol. The van der Waals surface area contributed by atoms with Crippen molar-refractivity contribution in [3.05, 3.63) is 28.5 Å². The Morgan fingerprint density at radius 1 is 1.47 bits per heavy atom. The van der Waals surface area contributed by atoms with Crippen LogP contribution in [0.2, 0.25) is 0 Å². The maximum atomic E-state index is 4.36. The van der Waals surface area contributed by atoms with E-state index in [4.69, 9.17) is 0 Å². The van der Waals surface area contributed by atoms with Gasteiger partial charge in [-0.1, -0.05) is 6.07 Å². The zero-order valence-corrected chi connectivity index (χ0v) is 11.1. The maximum Gasteiger partial charge on any atom is 0.106 e. The first-order valence-electron chi connectivity index (χ1n) is 5.07. The van der Waals surface area contributed by atoms with Crippen LogP contribution in [0.25, 0.3) is 0 Å². The van der Waals surface area contributed by atoms with Crippen molar-refractivity contribution in [1.82, 2.24) is 15.2 Å². The number of hydrogen-bond donors (Lipinski definition) is 1. The van der Waals surface area contributed by atoms with Gasteiger partial charge < -0.3 is 10.2 Å². The highest BCUT2D eigenvalue weighted by Gasteiger charge is 2.03. The van der Waals surface area contributed by atoms with E-state index in [0.717, 1.165) is 23.4 Å². The molecular formula is C11H18BrN3. The molecule has 3 nitrogen and oxygen atoms in total. The van der Waals surface area contributed by atoms with E-state index < -0.39 is 0 Å². The molecule has 0 aromatic carbocycles.